The number of aliphatic hydroxyl groups is 1. The molecule has 1 saturated heterocycles. The van der Waals surface area contributed by atoms with Gasteiger partial charge in [0.2, 0.25) is 5.58 Å². The predicted octanol–water partition coefficient (Wildman–Crippen LogP) is 1.54. The van der Waals surface area contributed by atoms with Crippen LogP contribution in [-0.2, 0) is 6.54 Å². The molecule has 1 fully saturated rings. The van der Waals surface area contributed by atoms with Crippen LogP contribution in [-0.4, -0.2) is 64.2 Å². The van der Waals surface area contributed by atoms with Crippen LogP contribution in [0, 0.1) is 0 Å². The molecule has 2 aromatic heterocycles. The quantitative estimate of drug-likeness (QED) is 0.683. The van der Waals surface area contributed by atoms with Crippen LogP contribution in [0.4, 0.5) is 0 Å². The summed E-state index contributed by atoms with van der Waals surface area (Å²) < 4.78 is 6.58. The Labute approximate surface area is 152 Å². The number of piperazine rings is 1. The van der Waals surface area contributed by atoms with E-state index in [-0.39, 0.29) is 17.7 Å². The number of halogens is 1. The normalized spacial score (nSPS) is 16.9. The Hall–Kier alpha value is -1.74. The molecule has 2 N–H and O–H groups in total. The second-order valence-corrected chi connectivity index (χ2v) is 7.19. The SMILES string of the molecule is O=c1[nH]c(CN2CCN(CCO)CC2)nc2c1oc1ccc(Br)cc12. The molecule has 0 aliphatic carbocycles. The Kier molecular flexibility index (Phi) is 4.60. The first-order chi connectivity index (χ1) is 12.1. The molecule has 0 amide bonds. The number of nitrogens with zero attached hydrogens (tertiary/aromatic N) is 3. The summed E-state index contributed by atoms with van der Waals surface area (Å²) >= 11 is 3.45. The Morgan fingerprint density at radius 3 is 2.76 bits per heavy atom. The van der Waals surface area contributed by atoms with Crippen LogP contribution in [0.15, 0.2) is 31.9 Å². The number of furan rings is 1. The van der Waals surface area contributed by atoms with Gasteiger partial charge in [0.15, 0.2) is 0 Å². The molecule has 7 nitrogen and oxygen atoms in total. The van der Waals surface area contributed by atoms with E-state index in [1.807, 2.05) is 18.2 Å². The van der Waals surface area contributed by atoms with E-state index < -0.39 is 0 Å². The maximum absolute atomic E-state index is 12.4. The average Bonchev–Trinajstić information content (AvgIpc) is 2.96. The molecule has 3 aromatic rings. The Morgan fingerprint density at radius 1 is 1.24 bits per heavy atom. The van der Waals surface area contributed by atoms with Crippen molar-refractivity contribution in [2.75, 3.05) is 39.3 Å². The van der Waals surface area contributed by atoms with Gasteiger partial charge in [-0.15, -0.1) is 0 Å². The van der Waals surface area contributed by atoms with E-state index in [0.717, 1.165) is 36.0 Å². The maximum Gasteiger partial charge on any atom is 0.294 e. The molecule has 0 atom stereocenters. The number of aromatic nitrogens is 2. The predicted molar refractivity (Wildman–Crippen MR) is 98.6 cm³/mol. The van der Waals surface area contributed by atoms with Crippen molar-refractivity contribution in [3.8, 4) is 0 Å². The molecule has 132 valence electrons. The fourth-order valence-corrected chi connectivity index (χ4v) is 3.63. The first kappa shape index (κ1) is 16.7. The highest BCUT2D eigenvalue weighted by molar-refractivity contribution is 9.10. The monoisotopic (exact) mass is 406 g/mol. The second kappa shape index (κ2) is 6.87. The van der Waals surface area contributed by atoms with Crippen LogP contribution >= 0.6 is 15.9 Å². The molecule has 0 saturated carbocycles. The van der Waals surface area contributed by atoms with E-state index in [2.05, 4.69) is 35.7 Å². The van der Waals surface area contributed by atoms with Gasteiger partial charge in [-0.05, 0) is 18.2 Å². The summed E-state index contributed by atoms with van der Waals surface area (Å²) in [5, 5.41) is 9.86. The Bertz CT molecular complexity index is 960. The molecule has 4 rings (SSSR count). The van der Waals surface area contributed by atoms with Crippen LogP contribution in [0.25, 0.3) is 22.1 Å². The molecule has 0 radical (unpaired) electrons. The van der Waals surface area contributed by atoms with Gasteiger partial charge in [0.05, 0.1) is 13.2 Å². The van der Waals surface area contributed by atoms with Crippen molar-refractivity contribution < 1.29 is 9.52 Å². The van der Waals surface area contributed by atoms with Crippen LogP contribution in [0.2, 0.25) is 0 Å². The van der Waals surface area contributed by atoms with Gasteiger partial charge in [-0.1, -0.05) is 15.9 Å². The highest BCUT2D eigenvalue weighted by atomic mass is 79.9. The lowest BCUT2D eigenvalue weighted by Crippen LogP contribution is -2.46. The zero-order valence-electron chi connectivity index (χ0n) is 13.7. The first-order valence-electron chi connectivity index (χ1n) is 8.30. The van der Waals surface area contributed by atoms with Gasteiger partial charge in [-0.2, -0.15) is 0 Å². The number of hydrogen-bond donors (Lipinski definition) is 2. The third kappa shape index (κ3) is 3.35. The lowest BCUT2D eigenvalue weighted by atomic mass is 10.2. The summed E-state index contributed by atoms with van der Waals surface area (Å²) in [6.45, 7) is 5.10. The van der Waals surface area contributed by atoms with E-state index in [9.17, 15) is 4.79 Å². The number of H-pyrrole nitrogens is 1. The van der Waals surface area contributed by atoms with Crippen molar-refractivity contribution >= 4 is 38.0 Å². The summed E-state index contributed by atoms with van der Waals surface area (Å²) in [6.07, 6.45) is 0. The number of β-amino-alcohol motifs (C(OH)–C–C–N with tert-alkyl or cyclic N) is 1. The zero-order chi connectivity index (χ0) is 17.4. The lowest BCUT2D eigenvalue weighted by Gasteiger charge is -2.33. The van der Waals surface area contributed by atoms with Crippen molar-refractivity contribution in [3.05, 3.63) is 38.9 Å². The van der Waals surface area contributed by atoms with Crippen LogP contribution in [0.1, 0.15) is 5.82 Å². The molecule has 1 aliphatic heterocycles. The highest BCUT2D eigenvalue weighted by Crippen LogP contribution is 2.27. The minimum Gasteiger partial charge on any atom is -0.449 e. The number of benzene rings is 1. The Morgan fingerprint density at radius 2 is 2.00 bits per heavy atom. The van der Waals surface area contributed by atoms with Crippen LogP contribution in [0.3, 0.4) is 0 Å². The van der Waals surface area contributed by atoms with Crippen molar-refractivity contribution in [2.45, 2.75) is 6.54 Å². The average molecular weight is 407 g/mol. The third-order valence-electron chi connectivity index (χ3n) is 4.59. The topological polar surface area (TPSA) is 85.6 Å². The summed E-state index contributed by atoms with van der Waals surface area (Å²) in [7, 11) is 0. The van der Waals surface area contributed by atoms with Crippen molar-refractivity contribution in [2.24, 2.45) is 0 Å². The van der Waals surface area contributed by atoms with Crippen molar-refractivity contribution in [3.63, 3.8) is 0 Å². The molecule has 1 aromatic carbocycles. The van der Waals surface area contributed by atoms with Crippen LogP contribution in [0.5, 0.6) is 0 Å². The van der Waals surface area contributed by atoms with Crippen molar-refractivity contribution in [1.82, 2.24) is 19.8 Å². The molecule has 0 spiro atoms. The number of nitrogens with one attached hydrogen (secondary N) is 1. The minimum absolute atomic E-state index is 0.189. The van der Waals surface area contributed by atoms with E-state index in [4.69, 9.17) is 9.52 Å². The molecular weight excluding hydrogens is 388 g/mol. The second-order valence-electron chi connectivity index (χ2n) is 6.27. The number of aromatic amines is 1. The zero-order valence-corrected chi connectivity index (χ0v) is 15.3. The number of fused-ring (bicyclic) bond motifs is 3. The molecule has 3 heterocycles. The van der Waals surface area contributed by atoms with Gasteiger partial charge < -0.3 is 14.5 Å². The van der Waals surface area contributed by atoms with Gasteiger partial charge in [-0.3, -0.25) is 14.6 Å². The maximum atomic E-state index is 12.4. The molecular formula is C17H19BrN4O3. The molecule has 1 aliphatic rings. The van der Waals surface area contributed by atoms with Gasteiger partial charge in [0, 0.05) is 42.6 Å². The van der Waals surface area contributed by atoms with E-state index >= 15 is 0 Å². The fourth-order valence-electron chi connectivity index (χ4n) is 3.27. The third-order valence-corrected chi connectivity index (χ3v) is 5.08. The van der Waals surface area contributed by atoms with E-state index in [0.29, 0.717) is 30.0 Å². The van der Waals surface area contributed by atoms with Gasteiger partial charge in [-0.25, -0.2) is 4.98 Å². The molecule has 0 bridgehead atoms. The van der Waals surface area contributed by atoms with E-state index in [1.165, 1.54) is 0 Å². The Balaban J connectivity index is 1.61. The molecule has 8 heteroatoms. The number of hydrogen-bond acceptors (Lipinski definition) is 6. The minimum atomic E-state index is -0.244. The fraction of sp³-hybridized carbons (Fsp3) is 0.412. The standard InChI is InChI=1S/C17H19BrN4O3/c18-11-1-2-13-12(9-11)15-16(25-13)17(24)20-14(19-15)10-22-5-3-21(4-6-22)7-8-23/h1-2,9,23H,3-8,10H2,(H,19,20,24). The van der Waals surface area contributed by atoms with Crippen molar-refractivity contribution in [1.29, 1.82) is 0 Å². The first-order valence-corrected chi connectivity index (χ1v) is 9.10. The van der Waals surface area contributed by atoms with Gasteiger partial charge in [0.1, 0.15) is 16.9 Å². The summed E-state index contributed by atoms with van der Waals surface area (Å²) in [5.74, 6) is 0.649. The molecule has 0 unspecified atom stereocenters. The number of rotatable bonds is 4. The smallest absolute Gasteiger partial charge is 0.294 e. The van der Waals surface area contributed by atoms with Gasteiger partial charge in [0.25, 0.3) is 5.56 Å². The molecule has 25 heavy (non-hydrogen) atoms. The largest absolute Gasteiger partial charge is 0.449 e. The highest BCUT2D eigenvalue weighted by Gasteiger charge is 2.19. The van der Waals surface area contributed by atoms with Crippen LogP contribution < -0.4 is 5.56 Å². The summed E-state index contributed by atoms with van der Waals surface area (Å²) in [4.78, 5) is 24.4. The summed E-state index contributed by atoms with van der Waals surface area (Å²) in [6, 6.07) is 5.64. The van der Waals surface area contributed by atoms with Gasteiger partial charge >= 0.3 is 0 Å². The van der Waals surface area contributed by atoms with E-state index in [1.54, 1.807) is 0 Å². The lowest BCUT2D eigenvalue weighted by molar-refractivity contribution is 0.107. The summed E-state index contributed by atoms with van der Waals surface area (Å²) in [5.41, 5.74) is 1.29. The number of aliphatic hydroxyl groups excluding tert-OH is 1.